The molecule has 0 aliphatic carbocycles. The predicted molar refractivity (Wildman–Crippen MR) is 95.1 cm³/mol. The molecule has 1 atom stereocenters. The molecule has 0 spiro atoms. The highest BCUT2D eigenvalue weighted by atomic mass is 19.1. The van der Waals surface area contributed by atoms with Crippen LogP contribution in [-0.4, -0.2) is 59.2 Å². The molecule has 0 saturated carbocycles. The minimum Gasteiger partial charge on any atom is -0.372 e. The van der Waals surface area contributed by atoms with Gasteiger partial charge in [-0.2, -0.15) is 0 Å². The van der Waals surface area contributed by atoms with Crippen LogP contribution in [0.2, 0.25) is 0 Å². The van der Waals surface area contributed by atoms with E-state index in [4.69, 9.17) is 4.74 Å². The van der Waals surface area contributed by atoms with Crippen LogP contribution in [-0.2, 0) is 22.6 Å². The number of hydrogen-bond acceptors (Lipinski definition) is 5. The van der Waals surface area contributed by atoms with Gasteiger partial charge in [-0.25, -0.2) is 14.4 Å². The molecule has 0 bridgehead atoms. The fourth-order valence-corrected chi connectivity index (χ4v) is 3.02. The van der Waals surface area contributed by atoms with Crippen LogP contribution >= 0.6 is 0 Å². The average molecular weight is 361 g/mol. The molecule has 8 heteroatoms. The molecule has 0 aromatic carbocycles. The van der Waals surface area contributed by atoms with Crippen molar-refractivity contribution in [2.75, 3.05) is 38.8 Å². The van der Waals surface area contributed by atoms with Gasteiger partial charge in [0.25, 0.3) is 0 Å². The first kappa shape index (κ1) is 18.3. The molecule has 3 heterocycles. The van der Waals surface area contributed by atoms with E-state index in [0.29, 0.717) is 25.0 Å². The smallest absolute Gasteiger partial charge is 0.248 e. The Hall–Kier alpha value is -2.48. The standard InChI is InChI=1S/C18H24FN5O2/c1-22(2)17(25)13-26-7-5-14-10-23-6-3-4-16(23)12-24(11-14)18-20-8-15(19)9-21-18/h3-4,6,8-9,14H,5,7,10-13H2,1-2H3/t14-/m0/s1. The van der Waals surface area contributed by atoms with Crippen LogP contribution in [0.25, 0.3) is 0 Å². The van der Waals surface area contributed by atoms with Crippen molar-refractivity contribution in [3.05, 3.63) is 42.2 Å². The van der Waals surface area contributed by atoms with Crippen LogP contribution in [0.15, 0.2) is 30.7 Å². The Bertz CT molecular complexity index is 731. The van der Waals surface area contributed by atoms with Crippen molar-refractivity contribution >= 4 is 11.9 Å². The van der Waals surface area contributed by atoms with E-state index in [1.54, 1.807) is 14.1 Å². The summed E-state index contributed by atoms with van der Waals surface area (Å²) in [6, 6.07) is 4.10. The molecule has 140 valence electrons. The van der Waals surface area contributed by atoms with Crippen molar-refractivity contribution in [3.8, 4) is 0 Å². The van der Waals surface area contributed by atoms with Gasteiger partial charge >= 0.3 is 0 Å². The second-order valence-electron chi connectivity index (χ2n) is 6.73. The molecular weight excluding hydrogens is 337 g/mol. The summed E-state index contributed by atoms with van der Waals surface area (Å²) in [6.07, 6.45) is 5.26. The zero-order valence-electron chi connectivity index (χ0n) is 15.1. The highest BCUT2D eigenvalue weighted by molar-refractivity contribution is 5.76. The van der Waals surface area contributed by atoms with Gasteiger partial charge in [-0.1, -0.05) is 0 Å². The molecule has 2 aromatic heterocycles. The van der Waals surface area contributed by atoms with Crippen molar-refractivity contribution in [1.82, 2.24) is 19.4 Å². The van der Waals surface area contributed by atoms with Gasteiger partial charge in [-0.3, -0.25) is 4.79 Å². The van der Waals surface area contributed by atoms with Crippen LogP contribution in [0.1, 0.15) is 12.1 Å². The third-order valence-electron chi connectivity index (χ3n) is 4.49. The van der Waals surface area contributed by atoms with Crippen LogP contribution < -0.4 is 4.90 Å². The first-order chi connectivity index (χ1) is 12.5. The van der Waals surface area contributed by atoms with E-state index in [-0.39, 0.29) is 12.5 Å². The Balaban J connectivity index is 1.64. The fraction of sp³-hybridized carbons (Fsp3) is 0.500. The molecule has 0 N–H and O–H groups in total. The second kappa shape index (κ2) is 8.27. The molecule has 2 aromatic rings. The summed E-state index contributed by atoms with van der Waals surface area (Å²) < 4.78 is 20.9. The number of carbonyl (C=O) groups is 1. The third kappa shape index (κ3) is 4.57. The molecule has 7 nitrogen and oxygen atoms in total. The van der Waals surface area contributed by atoms with Crippen molar-refractivity contribution < 1.29 is 13.9 Å². The zero-order valence-corrected chi connectivity index (χ0v) is 15.1. The lowest BCUT2D eigenvalue weighted by atomic mass is 10.1. The first-order valence-corrected chi connectivity index (χ1v) is 8.67. The second-order valence-corrected chi connectivity index (χ2v) is 6.73. The molecule has 3 rings (SSSR count). The lowest BCUT2D eigenvalue weighted by molar-refractivity contribution is -0.133. The van der Waals surface area contributed by atoms with E-state index >= 15 is 0 Å². The minimum atomic E-state index is -0.442. The van der Waals surface area contributed by atoms with Gasteiger partial charge in [-0.15, -0.1) is 0 Å². The topological polar surface area (TPSA) is 63.5 Å². The number of fused-ring (bicyclic) bond motifs is 1. The van der Waals surface area contributed by atoms with Crippen LogP contribution in [0.4, 0.5) is 10.3 Å². The summed E-state index contributed by atoms with van der Waals surface area (Å²) in [5.74, 6) is 0.351. The number of hydrogen-bond donors (Lipinski definition) is 0. The molecule has 0 radical (unpaired) electrons. The number of amides is 1. The monoisotopic (exact) mass is 361 g/mol. The Morgan fingerprint density at radius 2 is 2.12 bits per heavy atom. The van der Waals surface area contributed by atoms with E-state index in [1.807, 2.05) is 6.07 Å². The molecule has 0 saturated heterocycles. The summed E-state index contributed by atoms with van der Waals surface area (Å²) in [5.41, 5.74) is 1.17. The number of likely N-dealkylation sites (N-methyl/N-ethyl adjacent to an activating group) is 1. The average Bonchev–Trinajstić information content (AvgIpc) is 2.97. The van der Waals surface area contributed by atoms with Crippen LogP contribution in [0.3, 0.4) is 0 Å². The van der Waals surface area contributed by atoms with Crippen molar-refractivity contribution in [2.45, 2.75) is 19.5 Å². The largest absolute Gasteiger partial charge is 0.372 e. The minimum absolute atomic E-state index is 0.0418. The van der Waals surface area contributed by atoms with E-state index in [0.717, 1.165) is 19.5 Å². The van der Waals surface area contributed by atoms with E-state index in [2.05, 4.69) is 31.7 Å². The summed E-state index contributed by atoms with van der Waals surface area (Å²) in [4.78, 5) is 23.4. The number of nitrogens with zero attached hydrogens (tertiary/aromatic N) is 5. The maximum atomic E-state index is 13.1. The van der Waals surface area contributed by atoms with Gasteiger partial charge in [0.1, 0.15) is 6.61 Å². The summed E-state index contributed by atoms with van der Waals surface area (Å²) >= 11 is 0. The van der Waals surface area contributed by atoms with Gasteiger partial charge < -0.3 is 19.1 Å². The number of anilines is 1. The highest BCUT2D eigenvalue weighted by Gasteiger charge is 2.23. The Labute approximate surface area is 152 Å². The van der Waals surface area contributed by atoms with E-state index in [1.165, 1.54) is 23.0 Å². The molecule has 1 amide bonds. The molecular formula is C18H24FN5O2. The predicted octanol–water partition coefficient (Wildman–Crippen LogP) is 1.55. The summed E-state index contributed by atoms with van der Waals surface area (Å²) in [5, 5.41) is 0. The van der Waals surface area contributed by atoms with Crippen LogP contribution in [0.5, 0.6) is 0 Å². The molecule has 1 aliphatic heterocycles. The first-order valence-electron chi connectivity index (χ1n) is 8.67. The number of aromatic nitrogens is 3. The van der Waals surface area contributed by atoms with Gasteiger partial charge in [0, 0.05) is 45.7 Å². The normalized spacial score (nSPS) is 16.9. The van der Waals surface area contributed by atoms with Crippen molar-refractivity contribution in [1.29, 1.82) is 0 Å². The van der Waals surface area contributed by atoms with E-state index in [9.17, 15) is 9.18 Å². The maximum absolute atomic E-state index is 13.1. The summed E-state index contributed by atoms with van der Waals surface area (Å²) in [6.45, 7) is 2.90. The highest BCUT2D eigenvalue weighted by Crippen LogP contribution is 2.22. The van der Waals surface area contributed by atoms with Gasteiger partial charge in [0.2, 0.25) is 11.9 Å². The Morgan fingerprint density at radius 1 is 1.35 bits per heavy atom. The van der Waals surface area contributed by atoms with Gasteiger partial charge in [0.15, 0.2) is 5.82 Å². The fourth-order valence-electron chi connectivity index (χ4n) is 3.02. The lowest BCUT2D eigenvalue weighted by Gasteiger charge is -2.24. The van der Waals surface area contributed by atoms with Gasteiger partial charge in [0.05, 0.1) is 18.9 Å². The van der Waals surface area contributed by atoms with Crippen LogP contribution in [0, 0.1) is 11.7 Å². The number of carbonyl (C=O) groups excluding carboxylic acids is 1. The van der Waals surface area contributed by atoms with Crippen molar-refractivity contribution in [3.63, 3.8) is 0 Å². The number of halogens is 1. The third-order valence-corrected chi connectivity index (χ3v) is 4.49. The van der Waals surface area contributed by atoms with Crippen molar-refractivity contribution in [2.24, 2.45) is 5.92 Å². The number of ether oxygens (including phenoxy) is 1. The molecule has 0 unspecified atom stereocenters. The lowest BCUT2D eigenvalue weighted by Crippen LogP contribution is -2.30. The molecule has 0 fully saturated rings. The van der Waals surface area contributed by atoms with E-state index < -0.39 is 5.82 Å². The molecule has 26 heavy (non-hydrogen) atoms. The summed E-state index contributed by atoms with van der Waals surface area (Å²) in [7, 11) is 3.43. The SMILES string of the molecule is CN(C)C(=O)COCC[C@@H]1CN(c2ncc(F)cn2)Cc2cccn2C1. The Morgan fingerprint density at radius 3 is 2.85 bits per heavy atom. The Kier molecular flexibility index (Phi) is 5.82. The number of rotatable bonds is 6. The molecule has 1 aliphatic rings. The van der Waals surface area contributed by atoms with Gasteiger partial charge in [-0.05, 0) is 24.5 Å². The quantitative estimate of drug-likeness (QED) is 0.731. The maximum Gasteiger partial charge on any atom is 0.248 e. The zero-order chi connectivity index (χ0) is 18.5.